The van der Waals surface area contributed by atoms with Gasteiger partial charge in [-0.1, -0.05) is 0 Å². The molecule has 0 aromatic carbocycles. The molecule has 0 heterocycles. The van der Waals surface area contributed by atoms with Crippen molar-refractivity contribution in [1.29, 1.82) is 0 Å². The van der Waals surface area contributed by atoms with Crippen LogP contribution in [0.5, 0.6) is 0 Å². The molecule has 5 heteroatoms. The van der Waals surface area contributed by atoms with Gasteiger partial charge in [-0.3, -0.25) is 0 Å². The van der Waals surface area contributed by atoms with Gasteiger partial charge in [-0.15, -0.1) is 0 Å². The Morgan fingerprint density at radius 2 is 0.515 bits per heavy atom. The van der Waals surface area contributed by atoms with E-state index in [1.807, 2.05) is 0 Å². The predicted octanol–water partition coefficient (Wildman–Crippen LogP) is 6.36. The van der Waals surface area contributed by atoms with Crippen LogP contribution in [0.15, 0.2) is 0 Å². The molecule has 33 heavy (non-hydrogen) atoms. The molecule has 0 saturated carbocycles. The molecule has 0 amide bonds. The molecule has 0 aliphatic heterocycles. The molecule has 0 N–H and O–H groups in total. The van der Waals surface area contributed by atoms with E-state index >= 15 is 0 Å². The Balaban J connectivity index is 5.33. The summed E-state index contributed by atoms with van der Waals surface area (Å²) in [6, 6.07) is 0. The molecule has 0 aromatic heterocycles. The van der Waals surface area contributed by atoms with E-state index in [2.05, 4.69) is 75.0 Å². The normalized spacial score (nSPS) is 12.7. The summed E-state index contributed by atoms with van der Waals surface area (Å²) in [6.45, 7) is 33.7. The Bertz CT molecular complexity index is 327. The summed E-state index contributed by atoms with van der Waals surface area (Å²) in [7, 11) is 0. The zero-order valence-electron chi connectivity index (χ0n) is 24.4. The van der Waals surface area contributed by atoms with E-state index in [9.17, 15) is 0 Å². The quantitative estimate of drug-likeness (QED) is 0.124. The zero-order valence-corrected chi connectivity index (χ0v) is 27.3. The van der Waals surface area contributed by atoms with Crippen molar-refractivity contribution in [3.8, 4) is 0 Å². The molecule has 0 spiro atoms. The van der Waals surface area contributed by atoms with E-state index in [1.165, 1.54) is 104 Å². The van der Waals surface area contributed by atoms with Crippen molar-refractivity contribution in [3.05, 3.63) is 0 Å². The molecular weight excluding hydrogens is 511 g/mol. The van der Waals surface area contributed by atoms with Crippen LogP contribution in [0.2, 0.25) is 17.7 Å². The van der Waals surface area contributed by atoms with Crippen molar-refractivity contribution in [1.82, 2.24) is 19.6 Å². The second-order valence-electron chi connectivity index (χ2n) is 10.0. The Morgan fingerprint density at radius 1 is 0.333 bits per heavy atom. The molecular formula is C28H64N4Sn. The fourth-order valence-corrected chi connectivity index (χ4v) is 20.3. The van der Waals surface area contributed by atoms with Gasteiger partial charge in [0.2, 0.25) is 0 Å². The van der Waals surface area contributed by atoms with Crippen LogP contribution in [-0.4, -0.2) is 117 Å². The van der Waals surface area contributed by atoms with Crippen molar-refractivity contribution in [2.45, 2.75) is 98.8 Å². The van der Waals surface area contributed by atoms with Gasteiger partial charge < -0.3 is 0 Å². The summed E-state index contributed by atoms with van der Waals surface area (Å²) in [5.41, 5.74) is 0. The standard InChI is InChI=1S/4C7H16N.Sn/c4*1-4-7-8(5-2)6-3;/h4*1,4-7H2,2-3H3;. The molecule has 0 atom stereocenters. The first-order chi connectivity index (χ1) is 16.0. The van der Waals surface area contributed by atoms with E-state index in [-0.39, 0.29) is 0 Å². The third-order valence-corrected chi connectivity index (χ3v) is 24.4. The minimum atomic E-state index is -2.19. The second kappa shape index (κ2) is 21.9. The van der Waals surface area contributed by atoms with Crippen LogP contribution in [-0.2, 0) is 0 Å². The number of hydrogen-bond donors (Lipinski definition) is 0. The van der Waals surface area contributed by atoms with Crippen LogP contribution in [0.4, 0.5) is 0 Å². The van der Waals surface area contributed by atoms with E-state index < -0.39 is 18.4 Å². The molecule has 0 bridgehead atoms. The third kappa shape index (κ3) is 15.4. The Kier molecular flexibility index (Phi) is 22.3. The van der Waals surface area contributed by atoms with Gasteiger partial charge in [0.25, 0.3) is 0 Å². The van der Waals surface area contributed by atoms with Gasteiger partial charge >= 0.3 is 215 Å². The molecule has 0 unspecified atom stereocenters. The van der Waals surface area contributed by atoms with Gasteiger partial charge in [0.15, 0.2) is 0 Å². The van der Waals surface area contributed by atoms with Crippen LogP contribution >= 0.6 is 0 Å². The molecule has 0 aromatic rings. The third-order valence-electron chi connectivity index (χ3n) is 8.30. The van der Waals surface area contributed by atoms with Gasteiger partial charge in [0, 0.05) is 0 Å². The number of hydrogen-bond acceptors (Lipinski definition) is 4. The van der Waals surface area contributed by atoms with E-state index in [0.717, 1.165) is 0 Å². The zero-order chi connectivity index (χ0) is 25.0. The van der Waals surface area contributed by atoms with Crippen molar-refractivity contribution >= 4 is 18.4 Å². The molecule has 0 aliphatic carbocycles. The summed E-state index contributed by atoms with van der Waals surface area (Å²) < 4.78 is 6.50. The monoisotopic (exact) mass is 576 g/mol. The average molecular weight is 576 g/mol. The first-order valence-corrected chi connectivity index (χ1v) is 22.9. The summed E-state index contributed by atoms with van der Waals surface area (Å²) in [5, 5.41) is 0. The first kappa shape index (κ1) is 33.6. The predicted molar refractivity (Wildman–Crippen MR) is 155 cm³/mol. The van der Waals surface area contributed by atoms with Gasteiger partial charge in [0.05, 0.1) is 0 Å². The first-order valence-electron chi connectivity index (χ1n) is 14.9. The summed E-state index contributed by atoms with van der Waals surface area (Å²) in [6.07, 6.45) is 5.83. The van der Waals surface area contributed by atoms with Crippen LogP contribution in [0.3, 0.4) is 0 Å². The van der Waals surface area contributed by atoms with Crippen molar-refractivity contribution in [2.24, 2.45) is 0 Å². The van der Waals surface area contributed by atoms with Gasteiger partial charge in [0.1, 0.15) is 0 Å². The van der Waals surface area contributed by atoms with Crippen molar-refractivity contribution in [3.63, 3.8) is 0 Å². The van der Waals surface area contributed by atoms with Crippen LogP contribution in [0.1, 0.15) is 81.1 Å². The van der Waals surface area contributed by atoms with Gasteiger partial charge in [-0.05, 0) is 0 Å². The van der Waals surface area contributed by atoms with Gasteiger partial charge in [-0.2, -0.15) is 0 Å². The maximum absolute atomic E-state index is 2.65. The second-order valence-corrected chi connectivity index (χ2v) is 24.3. The SMILES string of the molecule is CCN(CC)CC[CH2][Sn]([CH2]CCN(CC)CC)([CH2]CCN(CC)CC)[CH2]CCN(CC)CC. The molecule has 0 radical (unpaired) electrons. The summed E-state index contributed by atoms with van der Waals surface area (Å²) in [5.74, 6) is 0. The Labute approximate surface area is 214 Å². The maximum atomic E-state index is 2.65. The topological polar surface area (TPSA) is 13.0 Å². The summed E-state index contributed by atoms with van der Waals surface area (Å²) >= 11 is -2.19. The van der Waals surface area contributed by atoms with Gasteiger partial charge in [-0.25, -0.2) is 0 Å². The van der Waals surface area contributed by atoms with Crippen LogP contribution in [0, 0.1) is 0 Å². The molecule has 0 aliphatic rings. The minimum absolute atomic E-state index is 1.21. The van der Waals surface area contributed by atoms with Crippen LogP contribution < -0.4 is 0 Å². The van der Waals surface area contributed by atoms with Crippen LogP contribution in [0.25, 0.3) is 0 Å². The fourth-order valence-electron chi connectivity index (χ4n) is 5.62. The van der Waals surface area contributed by atoms with Crippen molar-refractivity contribution in [2.75, 3.05) is 78.5 Å². The summed E-state index contributed by atoms with van der Waals surface area (Å²) in [4.78, 5) is 10.6. The Hall–Kier alpha value is 0.639. The molecule has 4 nitrogen and oxygen atoms in total. The van der Waals surface area contributed by atoms with E-state index in [0.29, 0.717) is 0 Å². The number of nitrogens with zero attached hydrogens (tertiary/aromatic N) is 4. The molecule has 0 fully saturated rings. The number of rotatable bonds is 24. The molecule has 200 valence electrons. The fraction of sp³-hybridized carbons (Fsp3) is 1.00. The molecule has 0 rings (SSSR count). The van der Waals surface area contributed by atoms with E-state index in [1.54, 1.807) is 17.7 Å². The Morgan fingerprint density at radius 3 is 0.667 bits per heavy atom. The molecule has 0 saturated heterocycles. The average Bonchev–Trinajstić information content (AvgIpc) is 2.85. The van der Waals surface area contributed by atoms with E-state index in [4.69, 9.17) is 0 Å². The van der Waals surface area contributed by atoms with Crippen molar-refractivity contribution < 1.29 is 0 Å².